The van der Waals surface area contributed by atoms with Crippen molar-refractivity contribution in [2.45, 2.75) is 20.8 Å². The number of hydrogen-bond donors (Lipinski definition) is 0. The number of benzene rings is 2. The highest BCUT2D eigenvalue weighted by Crippen LogP contribution is 2.16. The summed E-state index contributed by atoms with van der Waals surface area (Å²) in [5, 5.41) is 0. The van der Waals surface area contributed by atoms with Crippen molar-refractivity contribution in [3.63, 3.8) is 0 Å². The van der Waals surface area contributed by atoms with E-state index in [-0.39, 0.29) is 12.4 Å². The van der Waals surface area contributed by atoms with E-state index >= 15 is 0 Å². The molecule has 0 radical (unpaired) electrons. The average Bonchev–Trinajstić information content (AvgIpc) is 2.55. The molecule has 0 saturated carbocycles. The molecule has 0 saturated heterocycles. The Morgan fingerprint density at radius 3 is 2.29 bits per heavy atom. The third kappa shape index (κ3) is 4.90. The van der Waals surface area contributed by atoms with Crippen LogP contribution in [0.4, 0.5) is 0 Å². The second kappa shape index (κ2) is 8.06. The number of ether oxygens (including phenoxy) is 1. The van der Waals surface area contributed by atoms with Crippen molar-refractivity contribution in [3.05, 3.63) is 74.8 Å². The molecule has 0 spiro atoms. The summed E-state index contributed by atoms with van der Waals surface area (Å²) in [4.78, 5) is 24.0. The quantitative estimate of drug-likeness (QED) is 0.420. The summed E-state index contributed by atoms with van der Waals surface area (Å²) in [6.07, 6.45) is 2.98. The van der Waals surface area contributed by atoms with Gasteiger partial charge in [0.2, 0.25) is 5.78 Å². The third-order valence-electron chi connectivity index (χ3n) is 3.77. The molecule has 0 amide bonds. The van der Waals surface area contributed by atoms with Crippen molar-refractivity contribution >= 4 is 33.8 Å². The van der Waals surface area contributed by atoms with Gasteiger partial charge in [-0.25, -0.2) is 4.79 Å². The smallest absolute Gasteiger partial charge is 0.331 e. The maximum absolute atomic E-state index is 12.2. The van der Waals surface area contributed by atoms with E-state index in [1.807, 2.05) is 57.2 Å². The first kappa shape index (κ1) is 18.1. The number of carbonyl (C=O) groups is 2. The van der Waals surface area contributed by atoms with Gasteiger partial charge in [0.15, 0.2) is 6.61 Å². The Kier molecular flexibility index (Phi) is 6.10. The molecule has 4 heteroatoms. The fraction of sp³-hybridized carbons (Fsp3) is 0.200. The van der Waals surface area contributed by atoms with Gasteiger partial charge in [0.25, 0.3) is 0 Å². The number of aryl methyl sites for hydroxylation is 3. The summed E-state index contributed by atoms with van der Waals surface area (Å²) in [5.41, 5.74) is 4.56. The van der Waals surface area contributed by atoms with E-state index < -0.39 is 5.97 Å². The number of halogens is 1. The maximum atomic E-state index is 12.2. The van der Waals surface area contributed by atoms with Gasteiger partial charge >= 0.3 is 5.97 Å². The van der Waals surface area contributed by atoms with Gasteiger partial charge in [-0.15, -0.1) is 0 Å². The Labute approximate surface area is 150 Å². The normalized spacial score (nSPS) is 10.8. The largest absolute Gasteiger partial charge is 0.454 e. The molecule has 124 valence electrons. The Hall–Kier alpha value is -2.20. The van der Waals surface area contributed by atoms with Crippen LogP contribution in [0.15, 0.2) is 46.9 Å². The lowest BCUT2D eigenvalue weighted by Gasteiger charge is -2.09. The van der Waals surface area contributed by atoms with Gasteiger partial charge < -0.3 is 4.74 Å². The van der Waals surface area contributed by atoms with Crippen LogP contribution in [0.3, 0.4) is 0 Å². The minimum absolute atomic E-state index is 0.194. The van der Waals surface area contributed by atoms with E-state index in [2.05, 4.69) is 15.9 Å². The molecule has 2 rings (SSSR count). The minimum atomic E-state index is -0.534. The second-order valence-corrected chi connectivity index (χ2v) is 6.58. The van der Waals surface area contributed by atoms with Crippen molar-refractivity contribution in [2.75, 3.05) is 6.61 Å². The molecule has 0 unspecified atom stereocenters. The average molecular weight is 387 g/mol. The fourth-order valence-electron chi connectivity index (χ4n) is 2.26. The van der Waals surface area contributed by atoms with Gasteiger partial charge in [0.1, 0.15) is 0 Å². The van der Waals surface area contributed by atoms with Crippen LogP contribution < -0.4 is 0 Å². The number of rotatable bonds is 5. The van der Waals surface area contributed by atoms with Crippen LogP contribution in [0.2, 0.25) is 0 Å². The lowest BCUT2D eigenvalue weighted by molar-refractivity contribution is -0.136. The van der Waals surface area contributed by atoms with Crippen molar-refractivity contribution in [1.29, 1.82) is 0 Å². The number of esters is 1. The number of Topliss-reactive ketones (excluding diaryl/α,β-unsaturated/α-hetero) is 1. The summed E-state index contributed by atoms with van der Waals surface area (Å²) >= 11 is 3.35. The summed E-state index contributed by atoms with van der Waals surface area (Å²) in [7, 11) is 0. The van der Waals surface area contributed by atoms with E-state index in [0.717, 1.165) is 26.7 Å². The molecule has 0 bridgehead atoms. The summed E-state index contributed by atoms with van der Waals surface area (Å²) < 4.78 is 6.01. The van der Waals surface area contributed by atoms with E-state index in [1.165, 1.54) is 6.08 Å². The molecule has 3 nitrogen and oxygen atoms in total. The molecule has 0 aliphatic rings. The second-order valence-electron chi connectivity index (χ2n) is 5.67. The molecule has 2 aromatic carbocycles. The van der Waals surface area contributed by atoms with Crippen LogP contribution in [0, 0.1) is 20.8 Å². The zero-order valence-electron chi connectivity index (χ0n) is 13.9. The Bertz CT molecular complexity index is 789. The number of hydrogen-bond acceptors (Lipinski definition) is 3. The summed E-state index contributed by atoms with van der Waals surface area (Å²) in [6, 6.07) is 11.3. The Morgan fingerprint density at radius 1 is 1.00 bits per heavy atom. The summed E-state index contributed by atoms with van der Waals surface area (Å²) in [6.45, 7) is 5.59. The lowest BCUT2D eigenvalue weighted by atomic mass is 9.98. The highest BCUT2D eigenvalue weighted by molar-refractivity contribution is 9.10. The molecular weight excluding hydrogens is 368 g/mol. The van der Waals surface area contributed by atoms with Crippen LogP contribution in [0.25, 0.3) is 6.08 Å². The van der Waals surface area contributed by atoms with Crippen LogP contribution in [0.1, 0.15) is 32.6 Å². The monoisotopic (exact) mass is 386 g/mol. The van der Waals surface area contributed by atoms with Crippen molar-refractivity contribution in [3.8, 4) is 0 Å². The molecule has 0 atom stereocenters. The lowest BCUT2D eigenvalue weighted by Crippen LogP contribution is -2.14. The standard InChI is InChI=1S/C20H19BrO3/c1-13-10-15(3)18(11-14(13)2)19(22)12-24-20(23)9-6-16-4-7-17(21)8-5-16/h4-11H,12H2,1-3H3. The topological polar surface area (TPSA) is 43.4 Å². The first-order valence-electron chi connectivity index (χ1n) is 7.58. The number of carbonyl (C=O) groups excluding carboxylic acids is 2. The zero-order chi connectivity index (χ0) is 17.7. The fourth-order valence-corrected chi connectivity index (χ4v) is 2.53. The third-order valence-corrected chi connectivity index (χ3v) is 4.30. The highest BCUT2D eigenvalue weighted by Gasteiger charge is 2.12. The van der Waals surface area contributed by atoms with Gasteiger partial charge in [0, 0.05) is 16.1 Å². The Balaban J connectivity index is 1.95. The van der Waals surface area contributed by atoms with Crippen LogP contribution in [0.5, 0.6) is 0 Å². The van der Waals surface area contributed by atoms with Crippen molar-refractivity contribution in [2.24, 2.45) is 0 Å². The van der Waals surface area contributed by atoms with E-state index in [9.17, 15) is 9.59 Å². The molecule has 2 aromatic rings. The minimum Gasteiger partial charge on any atom is -0.454 e. The zero-order valence-corrected chi connectivity index (χ0v) is 15.5. The molecule has 24 heavy (non-hydrogen) atoms. The van der Waals surface area contributed by atoms with E-state index in [0.29, 0.717) is 5.56 Å². The van der Waals surface area contributed by atoms with Crippen LogP contribution in [-0.4, -0.2) is 18.4 Å². The van der Waals surface area contributed by atoms with Gasteiger partial charge in [-0.05, 0) is 67.3 Å². The molecule has 0 N–H and O–H groups in total. The SMILES string of the molecule is Cc1cc(C)c(C(=O)COC(=O)C=Cc2ccc(Br)cc2)cc1C. The van der Waals surface area contributed by atoms with Gasteiger partial charge in [-0.2, -0.15) is 0 Å². The van der Waals surface area contributed by atoms with Crippen LogP contribution in [-0.2, 0) is 9.53 Å². The molecule has 0 aromatic heterocycles. The predicted octanol–water partition coefficient (Wildman–Crippen LogP) is 4.81. The molecule has 0 fully saturated rings. The Morgan fingerprint density at radius 2 is 1.62 bits per heavy atom. The van der Waals surface area contributed by atoms with Gasteiger partial charge in [-0.3, -0.25) is 4.79 Å². The van der Waals surface area contributed by atoms with Crippen molar-refractivity contribution in [1.82, 2.24) is 0 Å². The first-order chi connectivity index (χ1) is 11.4. The van der Waals surface area contributed by atoms with Gasteiger partial charge in [0.05, 0.1) is 0 Å². The van der Waals surface area contributed by atoms with E-state index in [4.69, 9.17) is 4.74 Å². The molecular formula is C20H19BrO3. The highest BCUT2D eigenvalue weighted by atomic mass is 79.9. The summed E-state index contributed by atoms with van der Waals surface area (Å²) in [5.74, 6) is -0.728. The molecule has 0 aliphatic carbocycles. The predicted molar refractivity (Wildman–Crippen MR) is 99.1 cm³/mol. The van der Waals surface area contributed by atoms with Gasteiger partial charge in [-0.1, -0.05) is 34.1 Å². The first-order valence-corrected chi connectivity index (χ1v) is 8.37. The van der Waals surface area contributed by atoms with Crippen LogP contribution >= 0.6 is 15.9 Å². The maximum Gasteiger partial charge on any atom is 0.331 e. The van der Waals surface area contributed by atoms with E-state index in [1.54, 1.807) is 6.08 Å². The van der Waals surface area contributed by atoms with Crippen molar-refractivity contribution < 1.29 is 14.3 Å². The molecule has 0 heterocycles. The number of ketones is 1. The molecule has 0 aliphatic heterocycles.